The number of aliphatic hydroxyl groups is 1. The summed E-state index contributed by atoms with van der Waals surface area (Å²) < 4.78 is 13.5. The first-order valence-electron chi connectivity index (χ1n) is 5.95. The van der Waals surface area contributed by atoms with Crippen LogP contribution >= 0.6 is 11.6 Å². The Morgan fingerprint density at radius 3 is 2.88 bits per heavy atom. The first-order valence-corrected chi connectivity index (χ1v) is 6.33. The smallest absolute Gasteiger partial charge is 0.142 e. The quantitative estimate of drug-likeness (QED) is 0.872. The highest BCUT2D eigenvalue weighted by atomic mass is 35.5. The van der Waals surface area contributed by atoms with Crippen LogP contribution < -0.4 is 5.32 Å². The molecule has 1 atom stereocenters. The van der Waals surface area contributed by atoms with Crippen molar-refractivity contribution < 1.29 is 9.50 Å². The highest BCUT2D eigenvalue weighted by molar-refractivity contribution is 6.30. The van der Waals surface area contributed by atoms with E-state index in [1.807, 2.05) is 6.07 Å². The van der Waals surface area contributed by atoms with Crippen molar-refractivity contribution in [3.05, 3.63) is 34.6 Å². The van der Waals surface area contributed by atoms with Gasteiger partial charge in [0.2, 0.25) is 0 Å². The summed E-state index contributed by atoms with van der Waals surface area (Å²) in [6.45, 7) is 1.89. The molecule has 0 aliphatic carbocycles. The summed E-state index contributed by atoms with van der Waals surface area (Å²) in [6, 6.07) is 4.97. The second kappa shape index (κ2) is 5.34. The van der Waals surface area contributed by atoms with Gasteiger partial charge in [-0.15, -0.1) is 0 Å². The van der Waals surface area contributed by atoms with E-state index in [2.05, 4.69) is 5.32 Å². The van der Waals surface area contributed by atoms with E-state index in [1.165, 1.54) is 6.07 Å². The third-order valence-corrected chi connectivity index (χ3v) is 3.90. The number of aliphatic hydroxyl groups excluding tert-OH is 1. The van der Waals surface area contributed by atoms with Gasteiger partial charge in [0.05, 0.1) is 5.02 Å². The fourth-order valence-electron chi connectivity index (χ4n) is 2.61. The van der Waals surface area contributed by atoms with Crippen LogP contribution in [-0.2, 0) is 5.41 Å². The van der Waals surface area contributed by atoms with E-state index in [9.17, 15) is 9.50 Å². The Morgan fingerprint density at radius 1 is 1.47 bits per heavy atom. The molecule has 0 radical (unpaired) electrons. The van der Waals surface area contributed by atoms with E-state index in [-0.39, 0.29) is 22.9 Å². The molecule has 1 aromatic rings. The molecule has 0 saturated carbocycles. The molecule has 17 heavy (non-hydrogen) atoms. The molecular formula is C13H17ClFNO. The lowest BCUT2D eigenvalue weighted by molar-refractivity contribution is 0.207. The van der Waals surface area contributed by atoms with Crippen LogP contribution in [0.3, 0.4) is 0 Å². The van der Waals surface area contributed by atoms with Crippen LogP contribution in [0.25, 0.3) is 0 Å². The predicted octanol–water partition coefficient (Wildman–Crippen LogP) is 2.48. The third-order valence-electron chi connectivity index (χ3n) is 3.59. The number of piperidine rings is 1. The zero-order chi connectivity index (χ0) is 12.3. The number of halogens is 2. The van der Waals surface area contributed by atoms with Crippen LogP contribution in [0.15, 0.2) is 18.2 Å². The van der Waals surface area contributed by atoms with Crippen LogP contribution in [0, 0.1) is 5.82 Å². The average molecular weight is 258 g/mol. The molecule has 2 N–H and O–H groups in total. The van der Waals surface area contributed by atoms with Crippen LogP contribution in [0.2, 0.25) is 5.02 Å². The topological polar surface area (TPSA) is 32.3 Å². The van der Waals surface area contributed by atoms with Gasteiger partial charge in [0.25, 0.3) is 0 Å². The Labute approximate surface area is 106 Å². The van der Waals surface area contributed by atoms with Gasteiger partial charge in [-0.1, -0.05) is 17.7 Å². The molecule has 2 nitrogen and oxygen atoms in total. The van der Waals surface area contributed by atoms with Gasteiger partial charge in [-0.3, -0.25) is 0 Å². The largest absolute Gasteiger partial charge is 0.396 e. The summed E-state index contributed by atoms with van der Waals surface area (Å²) in [5.41, 5.74) is 0.777. The van der Waals surface area contributed by atoms with Crippen molar-refractivity contribution in [1.82, 2.24) is 5.32 Å². The lowest BCUT2D eigenvalue weighted by Gasteiger charge is -2.38. The Kier molecular flexibility index (Phi) is 4.02. The van der Waals surface area contributed by atoms with Gasteiger partial charge >= 0.3 is 0 Å². The van der Waals surface area contributed by atoms with E-state index in [0.717, 1.165) is 31.5 Å². The standard InChI is InChI=1S/C13H17ClFNO/c14-11-3-2-10(8-12(11)15)13(5-7-17)4-1-6-16-9-13/h2-3,8,16-17H,1,4-7,9H2/t13-/m0/s1. The maximum Gasteiger partial charge on any atom is 0.142 e. The van der Waals surface area contributed by atoms with Gasteiger partial charge in [-0.05, 0) is 43.5 Å². The van der Waals surface area contributed by atoms with Crippen molar-refractivity contribution in [3.8, 4) is 0 Å². The van der Waals surface area contributed by atoms with Crippen LogP contribution in [0.1, 0.15) is 24.8 Å². The molecule has 4 heteroatoms. The average Bonchev–Trinajstić information content (AvgIpc) is 2.34. The molecule has 1 aromatic carbocycles. The molecule has 94 valence electrons. The van der Waals surface area contributed by atoms with E-state index in [4.69, 9.17) is 11.6 Å². The molecule has 0 spiro atoms. The number of nitrogens with one attached hydrogen (secondary N) is 1. The van der Waals surface area contributed by atoms with Crippen LogP contribution in [0.4, 0.5) is 4.39 Å². The summed E-state index contributed by atoms with van der Waals surface area (Å²) in [5.74, 6) is -0.382. The third kappa shape index (κ3) is 2.62. The summed E-state index contributed by atoms with van der Waals surface area (Å²) in [5, 5.41) is 12.7. The second-order valence-electron chi connectivity index (χ2n) is 4.66. The maximum atomic E-state index is 13.5. The fourth-order valence-corrected chi connectivity index (χ4v) is 2.73. The highest BCUT2D eigenvalue weighted by Crippen LogP contribution is 2.35. The predicted molar refractivity (Wildman–Crippen MR) is 66.9 cm³/mol. The Hall–Kier alpha value is -0.640. The van der Waals surface area contributed by atoms with Crippen LogP contribution in [-0.4, -0.2) is 24.8 Å². The van der Waals surface area contributed by atoms with Gasteiger partial charge in [0, 0.05) is 18.6 Å². The molecule has 0 bridgehead atoms. The number of hydrogen-bond donors (Lipinski definition) is 2. The second-order valence-corrected chi connectivity index (χ2v) is 5.07. The van der Waals surface area contributed by atoms with E-state index < -0.39 is 0 Å². The van der Waals surface area contributed by atoms with Gasteiger partial charge in [-0.25, -0.2) is 4.39 Å². The van der Waals surface area contributed by atoms with Crippen molar-refractivity contribution >= 4 is 11.6 Å². The van der Waals surface area contributed by atoms with Crippen LogP contribution in [0.5, 0.6) is 0 Å². The number of hydrogen-bond acceptors (Lipinski definition) is 2. The Morgan fingerprint density at radius 2 is 2.29 bits per heavy atom. The molecule has 0 amide bonds. The summed E-state index contributed by atoms with van der Waals surface area (Å²) in [7, 11) is 0. The summed E-state index contributed by atoms with van der Waals surface area (Å²) >= 11 is 5.70. The summed E-state index contributed by atoms with van der Waals surface area (Å²) in [4.78, 5) is 0. The van der Waals surface area contributed by atoms with E-state index in [0.29, 0.717) is 6.42 Å². The molecule has 1 aliphatic heterocycles. The van der Waals surface area contributed by atoms with Gasteiger partial charge in [0.15, 0.2) is 0 Å². The van der Waals surface area contributed by atoms with Crippen molar-refractivity contribution in [2.75, 3.05) is 19.7 Å². The first-order chi connectivity index (χ1) is 8.18. The molecule has 0 aromatic heterocycles. The number of rotatable bonds is 3. The lowest BCUT2D eigenvalue weighted by atomic mass is 9.72. The Balaban J connectivity index is 2.34. The first kappa shape index (κ1) is 12.8. The van der Waals surface area contributed by atoms with Crippen molar-refractivity contribution in [2.24, 2.45) is 0 Å². The minimum atomic E-state index is -0.382. The maximum absolute atomic E-state index is 13.5. The fraction of sp³-hybridized carbons (Fsp3) is 0.538. The zero-order valence-corrected chi connectivity index (χ0v) is 10.4. The SMILES string of the molecule is OCC[C@@]1(c2ccc(Cl)c(F)c2)CCCNC1. The minimum absolute atomic E-state index is 0.117. The molecule has 0 unspecified atom stereocenters. The van der Waals surface area contributed by atoms with Gasteiger partial charge in [0.1, 0.15) is 5.82 Å². The Bertz CT molecular complexity index is 385. The van der Waals surface area contributed by atoms with Gasteiger partial charge in [-0.2, -0.15) is 0 Å². The minimum Gasteiger partial charge on any atom is -0.396 e. The lowest BCUT2D eigenvalue weighted by Crippen LogP contribution is -2.44. The molecule has 1 saturated heterocycles. The van der Waals surface area contributed by atoms with Crippen molar-refractivity contribution in [1.29, 1.82) is 0 Å². The molecule has 1 aliphatic rings. The van der Waals surface area contributed by atoms with Crippen molar-refractivity contribution in [2.45, 2.75) is 24.7 Å². The van der Waals surface area contributed by atoms with Crippen molar-refractivity contribution in [3.63, 3.8) is 0 Å². The monoisotopic (exact) mass is 257 g/mol. The molecule has 1 fully saturated rings. The zero-order valence-electron chi connectivity index (χ0n) is 9.68. The highest BCUT2D eigenvalue weighted by Gasteiger charge is 2.33. The molecule has 2 rings (SSSR count). The number of benzene rings is 1. The molecule has 1 heterocycles. The molecular weight excluding hydrogens is 241 g/mol. The van der Waals surface area contributed by atoms with E-state index >= 15 is 0 Å². The van der Waals surface area contributed by atoms with E-state index in [1.54, 1.807) is 6.07 Å². The summed E-state index contributed by atoms with van der Waals surface area (Å²) in [6.07, 6.45) is 2.67. The van der Waals surface area contributed by atoms with Gasteiger partial charge < -0.3 is 10.4 Å². The normalized spacial score (nSPS) is 24.9.